The lowest BCUT2D eigenvalue weighted by atomic mass is 10.1. The van der Waals surface area contributed by atoms with Crippen molar-refractivity contribution in [2.75, 3.05) is 5.32 Å². The molecule has 0 aromatic carbocycles. The van der Waals surface area contributed by atoms with Gasteiger partial charge in [0.2, 0.25) is 0 Å². The minimum atomic E-state index is -0.266. The van der Waals surface area contributed by atoms with Crippen molar-refractivity contribution in [3.05, 3.63) is 21.6 Å². The molecule has 1 unspecified atom stereocenters. The summed E-state index contributed by atoms with van der Waals surface area (Å²) in [6, 6.07) is 0.299. The Hall–Kier alpha value is -1.03. The fourth-order valence-corrected chi connectivity index (χ4v) is 1.88. The predicted octanol–water partition coefficient (Wildman–Crippen LogP) is 2.81. The summed E-state index contributed by atoms with van der Waals surface area (Å²) in [4.78, 5) is 11.6. The van der Waals surface area contributed by atoms with Crippen molar-refractivity contribution in [3.8, 4) is 0 Å². The number of nitrogens with zero attached hydrogens (tertiary/aromatic N) is 2. The molecule has 1 heterocycles. The number of rotatable bonds is 6. The van der Waals surface area contributed by atoms with Crippen LogP contribution in [0.5, 0.6) is 0 Å². The maximum absolute atomic E-state index is 11.6. The van der Waals surface area contributed by atoms with Gasteiger partial charge in [-0.1, -0.05) is 37.8 Å². The average Bonchev–Trinajstić information content (AvgIpc) is 2.30. The molecule has 0 aliphatic heterocycles. The third-order valence-electron chi connectivity index (χ3n) is 2.72. The highest BCUT2D eigenvalue weighted by Crippen LogP contribution is 2.17. The monoisotopic (exact) mass is 257 g/mol. The van der Waals surface area contributed by atoms with Gasteiger partial charge >= 0.3 is 0 Å². The van der Waals surface area contributed by atoms with Crippen LogP contribution < -0.4 is 10.9 Å². The molecule has 1 aromatic heterocycles. The molecular formula is C12H20ClN3O. The van der Waals surface area contributed by atoms with E-state index in [1.807, 2.05) is 0 Å². The minimum absolute atomic E-state index is 0.213. The second-order valence-corrected chi connectivity index (χ2v) is 4.72. The van der Waals surface area contributed by atoms with E-state index in [-0.39, 0.29) is 10.6 Å². The van der Waals surface area contributed by atoms with E-state index in [4.69, 9.17) is 11.6 Å². The van der Waals surface area contributed by atoms with Gasteiger partial charge in [-0.3, -0.25) is 4.79 Å². The summed E-state index contributed by atoms with van der Waals surface area (Å²) in [7, 11) is 1.59. The first kappa shape index (κ1) is 14.0. The van der Waals surface area contributed by atoms with Gasteiger partial charge in [0.25, 0.3) is 5.56 Å². The van der Waals surface area contributed by atoms with Crippen LogP contribution in [-0.2, 0) is 7.05 Å². The zero-order valence-corrected chi connectivity index (χ0v) is 11.4. The first-order valence-corrected chi connectivity index (χ1v) is 6.42. The van der Waals surface area contributed by atoms with Crippen LogP contribution in [0.25, 0.3) is 0 Å². The topological polar surface area (TPSA) is 46.9 Å². The van der Waals surface area contributed by atoms with Gasteiger partial charge in [0.1, 0.15) is 5.02 Å². The Bertz CT molecular complexity index is 417. The third-order valence-corrected chi connectivity index (χ3v) is 3.09. The SMILES string of the molecule is CCCCCC(C)Nc1cnn(C)c(=O)c1Cl. The van der Waals surface area contributed by atoms with Crippen molar-refractivity contribution < 1.29 is 0 Å². The number of nitrogens with one attached hydrogen (secondary N) is 1. The summed E-state index contributed by atoms with van der Waals surface area (Å²) >= 11 is 5.97. The lowest BCUT2D eigenvalue weighted by Gasteiger charge is -2.15. The molecular weight excluding hydrogens is 238 g/mol. The molecule has 0 saturated heterocycles. The molecule has 1 atom stereocenters. The number of aryl methyl sites for hydroxylation is 1. The highest BCUT2D eigenvalue weighted by Gasteiger charge is 2.09. The van der Waals surface area contributed by atoms with Crippen LogP contribution in [0, 0.1) is 0 Å². The molecule has 0 aliphatic carbocycles. The molecule has 0 radical (unpaired) electrons. The number of hydrogen-bond acceptors (Lipinski definition) is 3. The van der Waals surface area contributed by atoms with Crippen LogP contribution in [-0.4, -0.2) is 15.8 Å². The Balaban J connectivity index is 2.63. The van der Waals surface area contributed by atoms with E-state index in [2.05, 4.69) is 24.3 Å². The van der Waals surface area contributed by atoms with Gasteiger partial charge in [-0.15, -0.1) is 0 Å². The van der Waals surface area contributed by atoms with E-state index in [9.17, 15) is 4.79 Å². The van der Waals surface area contributed by atoms with Crippen LogP contribution >= 0.6 is 11.6 Å². The van der Waals surface area contributed by atoms with E-state index in [0.717, 1.165) is 6.42 Å². The summed E-state index contributed by atoms with van der Waals surface area (Å²) in [5, 5.41) is 7.39. The smallest absolute Gasteiger partial charge is 0.287 e. The van der Waals surface area contributed by atoms with E-state index in [1.54, 1.807) is 13.2 Å². The summed E-state index contributed by atoms with van der Waals surface area (Å²) in [5.41, 5.74) is 0.358. The Kier molecular flexibility index (Phi) is 5.48. The standard InChI is InChI=1S/C12H20ClN3O/c1-4-5-6-7-9(2)15-10-8-14-16(3)12(17)11(10)13/h8-9,15H,4-7H2,1-3H3. The molecule has 5 heteroatoms. The quantitative estimate of drug-likeness (QED) is 0.798. The fourth-order valence-electron chi connectivity index (χ4n) is 1.65. The highest BCUT2D eigenvalue weighted by atomic mass is 35.5. The van der Waals surface area contributed by atoms with Crippen molar-refractivity contribution in [1.29, 1.82) is 0 Å². The lowest BCUT2D eigenvalue weighted by molar-refractivity contribution is 0.613. The Morgan fingerprint density at radius 2 is 2.24 bits per heavy atom. The maximum Gasteiger partial charge on any atom is 0.287 e. The molecule has 0 aliphatic rings. The Labute approximate surface area is 107 Å². The molecule has 0 amide bonds. The number of unbranched alkanes of at least 4 members (excludes halogenated alkanes) is 2. The lowest BCUT2D eigenvalue weighted by Crippen LogP contribution is -2.23. The molecule has 0 spiro atoms. The van der Waals surface area contributed by atoms with Crippen molar-refractivity contribution in [3.63, 3.8) is 0 Å². The zero-order chi connectivity index (χ0) is 12.8. The van der Waals surface area contributed by atoms with E-state index >= 15 is 0 Å². The van der Waals surface area contributed by atoms with Crippen molar-refractivity contribution in [2.24, 2.45) is 7.05 Å². The van der Waals surface area contributed by atoms with Gasteiger partial charge < -0.3 is 5.32 Å². The van der Waals surface area contributed by atoms with Crippen molar-refractivity contribution >= 4 is 17.3 Å². The highest BCUT2D eigenvalue weighted by molar-refractivity contribution is 6.32. The molecule has 1 aromatic rings. The van der Waals surface area contributed by atoms with Gasteiger partial charge in [0, 0.05) is 13.1 Å². The number of halogens is 1. The van der Waals surface area contributed by atoms with E-state index in [1.165, 1.54) is 23.9 Å². The second kappa shape index (κ2) is 6.64. The molecule has 1 rings (SSSR count). The Morgan fingerprint density at radius 3 is 2.88 bits per heavy atom. The molecule has 1 N–H and O–H groups in total. The number of hydrogen-bond donors (Lipinski definition) is 1. The van der Waals surface area contributed by atoms with Gasteiger partial charge in [-0.05, 0) is 13.3 Å². The first-order chi connectivity index (χ1) is 8.06. The average molecular weight is 258 g/mol. The summed E-state index contributed by atoms with van der Waals surface area (Å²) in [5.74, 6) is 0. The summed E-state index contributed by atoms with van der Waals surface area (Å²) < 4.78 is 1.23. The van der Waals surface area contributed by atoms with Crippen molar-refractivity contribution in [1.82, 2.24) is 9.78 Å². The molecule has 17 heavy (non-hydrogen) atoms. The Morgan fingerprint density at radius 1 is 1.53 bits per heavy atom. The largest absolute Gasteiger partial charge is 0.380 e. The van der Waals surface area contributed by atoms with Crippen LogP contribution in [0.15, 0.2) is 11.0 Å². The summed E-state index contributed by atoms with van der Waals surface area (Å²) in [6.45, 7) is 4.27. The minimum Gasteiger partial charge on any atom is -0.380 e. The van der Waals surface area contributed by atoms with Crippen LogP contribution in [0.3, 0.4) is 0 Å². The van der Waals surface area contributed by atoms with Crippen molar-refractivity contribution in [2.45, 2.75) is 45.6 Å². The van der Waals surface area contributed by atoms with Crippen LogP contribution in [0.1, 0.15) is 39.5 Å². The first-order valence-electron chi connectivity index (χ1n) is 6.04. The number of anilines is 1. The van der Waals surface area contributed by atoms with Gasteiger partial charge in [0.15, 0.2) is 0 Å². The van der Waals surface area contributed by atoms with Gasteiger partial charge in [0.05, 0.1) is 11.9 Å². The molecule has 0 fully saturated rings. The molecule has 0 saturated carbocycles. The van der Waals surface area contributed by atoms with E-state index < -0.39 is 0 Å². The zero-order valence-electron chi connectivity index (χ0n) is 10.7. The van der Waals surface area contributed by atoms with Crippen LogP contribution in [0.2, 0.25) is 5.02 Å². The van der Waals surface area contributed by atoms with Gasteiger partial charge in [-0.25, -0.2) is 4.68 Å². The molecule has 4 nitrogen and oxygen atoms in total. The predicted molar refractivity (Wildman–Crippen MR) is 71.7 cm³/mol. The number of aromatic nitrogens is 2. The maximum atomic E-state index is 11.6. The fraction of sp³-hybridized carbons (Fsp3) is 0.667. The normalized spacial score (nSPS) is 12.5. The molecule has 96 valence electrons. The second-order valence-electron chi connectivity index (χ2n) is 4.34. The summed E-state index contributed by atoms with van der Waals surface area (Å²) in [6.07, 6.45) is 6.29. The van der Waals surface area contributed by atoms with Crippen LogP contribution in [0.4, 0.5) is 5.69 Å². The third kappa shape index (κ3) is 4.04. The van der Waals surface area contributed by atoms with Gasteiger partial charge in [-0.2, -0.15) is 5.10 Å². The van der Waals surface area contributed by atoms with E-state index in [0.29, 0.717) is 11.7 Å². The molecule has 0 bridgehead atoms.